The second-order valence-electron chi connectivity index (χ2n) is 7.94. The minimum Gasteiger partial charge on any atom is -0.481 e. The van der Waals surface area contributed by atoms with E-state index in [1.165, 1.54) is 42.3 Å². The van der Waals surface area contributed by atoms with Crippen LogP contribution in [0.5, 0.6) is 5.88 Å². The van der Waals surface area contributed by atoms with Crippen molar-refractivity contribution in [2.24, 2.45) is 0 Å². The molecule has 0 spiro atoms. The van der Waals surface area contributed by atoms with Crippen molar-refractivity contribution < 1.29 is 9.53 Å². The smallest absolute Gasteiger partial charge is 0.329 e. The highest BCUT2D eigenvalue weighted by Gasteiger charge is 2.22. The van der Waals surface area contributed by atoms with Gasteiger partial charge >= 0.3 is 6.03 Å². The van der Waals surface area contributed by atoms with Crippen molar-refractivity contribution in [3.05, 3.63) is 53.9 Å². The number of amides is 2. The van der Waals surface area contributed by atoms with Crippen LogP contribution in [0.3, 0.4) is 0 Å². The minimum absolute atomic E-state index is 0.259. The number of methoxy groups -OCH3 is 1. The molecule has 0 radical (unpaired) electrons. The molecule has 8 heteroatoms. The van der Waals surface area contributed by atoms with Crippen LogP contribution in [-0.2, 0) is 12.8 Å². The third-order valence-electron chi connectivity index (χ3n) is 6.06. The summed E-state index contributed by atoms with van der Waals surface area (Å²) in [5.41, 5.74) is 5.30. The fourth-order valence-electron chi connectivity index (χ4n) is 4.21. The number of aryl methyl sites for hydroxylation is 1. The lowest BCUT2D eigenvalue weighted by Gasteiger charge is -2.25. The molecule has 1 aromatic carbocycles. The fourth-order valence-corrected chi connectivity index (χ4v) is 4.72. The van der Waals surface area contributed by atoms with E-state index in [4.69, 9.17) is 4.74 Å². The summed E-state index contributed by atoms with van der Waals surface area (Å²) in [6.45, 7) is 0. The lowest BCUT2D eigenvalue weighted by atomic mass is 9.93. The first kappa shape index (κ1) is 19.9. The Kier molecular flexibility index (Phi) is 5.55. The predicted molar refractivity (Wildman–Crippen MR) is 121 cm³/mol. The number of urea groups is 1. The van der Waals surface area contributed by atoms with Gasteiger partial charge in [-0.1, -0.05) is 12.1 Å². The molecule has 2 aliphatic rings. The molecule has 0 bridgehead atoms. The lowest BCUT2D eigenvalue weighted by molar-refractivity contribution is 0.257. The first-order valence-corrected chi connectivity index (χ1v) is 11.5. The first-order chi connectivity index (χ1) is 15.2. The Morgan fingerprint density at radius 2 is 2.10 bits per heavy atom. The maximum Gasteiger partial charge on any atom is 0.329 e. The van der Waals surface area contributed by atoms with E-state index in [-0.39, 0.29) is 6.03 Å². The summed E-state index contributed by atoms with van der Waals surface area (Å²) in [4.78, 5) is 17.0. The molecule has 2 amide bonds. The number of hydrogen-bond donors (Lipinski definition) is 2. The second kappa shape index (κ2) is 8.63. The number of nitrogens with zero attached hydrogens (tertiary/aromatic N) is 3. The van der Waals surface area contributed by atoms with Gasteiger partial charge in [0.1, 0.15) is 5.03 Å². The number of benzene rings is 1. The number of carbonyl (C=O) groups is 1. The van der Waals surface area contributed by atoms with Gasteiger partial charge in [0.15, 0.2) is 0 Å². The highest BCUT2D eigenvalue weighted by Crippen LogP contribution is 2.38. The average molecular weight is 436 g/mol. The number of anilines is 1. The molecular formula is C23H25N5O2S. The lowest BCUT2D eigenvalue weighted by Crippen LogP contribution is -2.24. The second-order valence-corrected chi connectivity index (χ2v) is 8.77. The number of hydrogen-bond acceptors (Lipinski definition) is 5. The van der Waals surface area contributed by atoms with E-state index in [0.29, 0.717) is 11.9 Å². The minimum atomic E-state index is -0.259. The molecular weight excluding hydrogens is 410 g/mol. The monoisotopic (exact) mass is 435 g/mol. The molecule has 0 unspecified atom stereocenters. The Morgan fingerprint density at radius 1 is 1.19 bits per heavy atom. The largest absolute Gasteiger partial charge is 0.481 e. The van der Waals surface area contributed by atoms with Crippen LogP contribution in [0, 0.1) is 0 Å². The molecule has 1 saturated carbocycles. The van der Waals surface area contributed by atoms with E-state index in [0.717, 1.165) is 41.1 Å². The number of fused-ring (bicyclic) bond motifs is 1. The molecule has 3 aromatic rings. The number of carbonyl (C=O) groups excluding carboxylic acids is 1. The van der Waals surface area contributed by atoms with Crippen molar-refractivity contribution in [2.45, 2.75) is 49.6 Å². The zero-order valence-corrected chi connectivity index (χ0v) is 18.2. The van der Waals surface area contributed by atoms with Gasteiger partial charge in [-0.3, -0.25) is 9.40 Å². The highest BCUT2D eigenvalue weighted by molar-refractivity contribution is 7.97. The third kappa shape index (κ3) is 4.12. The summed E-state index contributed by atoms with van der Waals surface area (Å²) >= 11 is 1.24. The van der Waals surface area contributed by atoms with Crippen LogP contribution < -0.4 is 14.8 Å². The van der Waals surface area contributed by atoms with Crippen LogP contribution in [0.4, 0.5) is 10.5 Å². The molecule has 2 heterocycles. The molecule has 7 nitrogen and oxygen atoms in total. The van der Waals surface area contributed by atoms with Crippen molar-refractivity contribution in [1.29, 1.82) is 0 Å². The molecule has 0 atom stereocenters. The number of ether oxygens (including phenoxy) is 1. The van der Waals surface area contributed by atoms with Gasteiger partial charge in [0.25, 0.3) is 0 Å². The molecule has 0 saturated heterocycles. The van der Waals surface area contributed by atoms with E-state index in [2.05, 4.69) is 32.3 Å². The van der Waals surface area contributed by atoms with Crippen LogP contribution in [-0.4, -0.2) is 27.9 Å². The maximum atomic E-state index is 12.8. The normalized spacial score (nSPS) is 15.3. The Hall–Kier alpha value is -3.00. The van der Waals surface area contributed by atoms with Gasteiger partial charge in [0, 0.05) is 36.0 Å². The topological polar surface area (TPSA) is 81.1 Å². The molecule has 1 fully saturated rings. The Labute approximate surface area is 185 Å². The molecule has 2 N–H and O–H groups in total. The Balaban J connectivity index is 1.34. The van der Waals surface area contributed by atoms with Crippen LogP contribution in [0.1, 0.15) is 42.9 Å². The van der Waals surface area contributed by atoms with Crippen LogP contribution in [0.15, 0.2) is 47.8 Å². The van der Waals surface area contributed by atoms with E-state index in [1.54, 1.807) is 13.3 Å². The standard InChI is InChI=1S/C23H25N5O2S/c1-30-20-14-16(10-12-24-20)19-9-8-15-4-2-7-18(15)22(19)25-23(29)27-31-21-11-13-28(26-21)17-5-3-6-17/h8-14,17H,2-7H2,1H3,(H2,25,27,29). The third-order valence-corrected chi connectivity index (χ3v) is 6.77. The summed E-state index contributed by atoms with van der Waals surface area (Å²) in [5.74, 6) is 0.547. The summed E-state index contributed by atoms with van der Waals surface area (Å²) in [5, 5.41) is 8.46. The first-order valence-electron chi connectivity index (χ1n) is 10.7. The van der Waals surface area contributed by atoms with Crippen molar-refractivity contribution >= 4 is 23.7 Å². The molecule has 31 heavy (non-hydrogen) atoms. The van der Waals surface area contributed by atoms with Gasteiger partial charge in [-0.25, -0.2) is 9.78 Å². The van der Waals surface area contributed by atoms with E-state index >= 15 is 0 Å². The van der Waals surface area contributed by atoms with Crippen molar-refractivity contribution in [1.82, 2.24) is 19.5 Å². The fraction of sp³-hybridized carbons (Fsp3) is 0.348. The van der Waals surface area contributed by atoms with E-state index in [1.807, 2.05) is 29.1 Å². The SMILES string of the molecule is COc1cc(-c2ccc3c(c2NC(=O)NSc2ccn(C4CCC4)n2)CCC3)ccn1. The summed E-state index contributed by atoms with van der Waals surface area (Å²) in [7, 11) is 1.60. The van der Waals surface area contributed by atoms with Gasteiger partial charge < -0.3 is 10.1 Å². The van der Waals surface area contributed by atoms with Crippen molar-refractivity contribution in [2.75, 3.05) is 12.4 Å². The van der Waals surface area contributed by atoms with Gasteiger partial charge in [0.2, 0.25) is 5.88 Å². The van der Waals surface area contributed by atoms with Gasteiger partial charge in [-0.15, -0.1) is 0 Å². The summed E-state index contributed by atoms with van der Waals surface area (Å²) < 4.78 is 10.2. The number of pyridine rings is 1. The molecule has 2 aromatic heterocycles. The molecule has 5 rings (SSSR count). The molecule has 160 valence electrons. The Bertz CT molecular complexity index is 1110. The summed E-state index contributed by atoms with van der Waals surface area (Å²) in [6, 6.07) is 10.3. The Morgan fingerprint density at radius 3 is 2.90 bits per heavy atom. The zero-order valence-electron chi connectivity index (χ0n) is 17.4. The van der Waals surface area contributed by atoms with Gasteiger partial charge in [0.05, 0.1) is 18.8 Å². The zero-order chi connectivity index (χ0) is 21.2. The average Bonchev–Trinajstić information content (AvgIpc) is 3.41. The quantitative estimate of drug-likeness (QED) is 0.533. The van der Waals surface area contributed by atoms with E-state index < -0.39 is 0 Å². The number of nitrogens with one attached hydrogen (secondary N) is 2. The number of aromatic nitrogens is 3. The maximum absolute atomic E-state index is 12.8. The van der Waals surface area contributed by atoms with Crippen molar-refractivity contribution in [3.63, 3.8) is 0 Å². The van der Waals surface area contributed by atoms with E-state index in [9.17, 15) is 4.79 Å². The number of rotatable bonds is 6. The summed E-state index contributed by atoms with van der Waals surface area (Å²) in [6.07, 6.45) is 10.4. The molecule has 0 aliphatic heterocycles. The molecule has 2 aliphatic carbocycles. The van der Waals surface area contributed by atoms with Crippen LogP contribution in [0.25, 0.3) is 11.1 Å². The predicted octanol–water partition coefficient (Wildman–Crippen LogP) is 5.00. The van der Waals surface area contributed by atoms with Crippen molar-refractivity contribution in [3.8, 4) is 17.0 Å². The van der Waals surface area contributed by atoms with Gasteiger partial charge in [-0.2, -0.15) is 5.10 Å². The van der Waals surface area contributed by atoms with Crippen LogP contribution in [0.2, 0.25) is 0 Å². The highest BCUT2D eigenvalue weighted by atomic mass is 32.2. The van der Waals surface area contributed by atoms with Crippen LogP contribution >= 0.6 is 11.9 Å². The van der Waals surface area contributed by atoms with Gasteiger partial charge in [-0.05, 0) is 67.3 Å².